The van der Waals surface area contributed by atoms with Crippen molar-refractivity contribution in [1.29, 1.82) is 0 Å². The fourth-order valence-electron chi connectivity index (χ4n) is 2.51. The molecule has 0 heterocycles. The second kappa shape index (κ2) is 9.60. The monoisotopic (exact) mass is 444 g/mol. The largest absolute Gasteiger partial charge is 0.484 e. The highest BCUT2D eigenvalue weighted by Crippen LogP contribution is 2.26. The van der Waals surface area contributed by atoms with Gasteiger partial charge in [-0.3, -0.25) is 4.79 Å². The lowest BCUT2D eigenvalue weighted by molar-refractivity contribution is -0.118. The Morgan fingerprint density at radius 1 is 1.07 bits per heavy atom. The van der Waals surface area contributed by atoms with Gasteiger partial charge >= 0.3 is 0 Å². The van der Waals surface area contributed by atoms with E-state index in [2.05, 4.69) is 5.32 Å². The standard InChI is InChI=1S/C19H22Cl2N2O4S/c1-4-23(5-2)28(25,26)15-8-6-13(3)18(11-15)22-19(24)12-27-14-7-9-16(20)17(21)10-14/h6-11H,4-5,12H2,1-3H3,(H,22,24). The van der Waals surface area contributed by atoms with E-state index in [4.69, 9.17) is 27.9 Å². The van der Waals surface area contributed by atoms with Crippen molar-refractivity contribution in [3.05, 3.63) is 52.0 Å². The van der Waals surface area contributed by atoms with Crippen molar-refractivity contribution in [3.63, 3.8) is 0 Å². The Morgan fingerprint density at radius 3 is 2.36 bits per heavy atom. The highest BCUT2D eigenvalue weighted by atomic mass is 35.5. The van der Waals surface area contributed by atoms with E-state index in [1.165, 1.54) is 22.5 Å². The van der Waals surface area contributed by atoms with E-state index in [-0.39, 0.29) is 11.5 Å². The zero-order valence-electron chi connectivity index (χ0n) is 15.8. The number of halogens is 2. The van der Waals surface area contributed by atoms with Crippen molar-refractivity contribution in [2.75, 3.05) is 25.0 Å². The summed E-state index contributed by atoms with van der Waals surface area (Å²) in [6, 6.07) is 9.34. The van der Waals surface area contributed by atoms with Crippen molar-refractivity contribution < 1.29 is 17.9 Å². The molecular formula is C19H22Cl2N2O4S. The second-order valence-electron chi connectivity index (χ2n) is 5.98. The Labute approximate surface area is 175 Å². The van der Waals surface area contributed by atoms with E-state index in [9.17, 15) is 13.2 Å². The zero-order chi connectivity index (χ0) is 20.9. The van der Waals surface area contributed by atoms with Crippen molar-refractivity contribution in [2.24, 2.45) is 0 Å². The molecule has 0 bridgehead atoms. The van der Waals surface area contributed by atoms with E-state index in [1.54, 1.807) is 39.0 Å². The number of hydrogen-bond donors (Lipinski definition) is 1. The molecule has 0 unspecified atom stereocenters. The fourth-order valence-corrected chi connectivity index (χ4v) is 4.28. The Morgan fingerprint density at radius 2 is 1.75 bits per heavy atom. The number of nitrogens with zero attached hydrogens (tertiary/aromatic N) is 1. The summed E-state index contributed by atoms with van der Waals surface area (Å²) >= 11 is 11.8. The zero-order valence-corrected chi connectivity index (χ0v) is 18.2. The molecule has 0 radical (unpaired) electrons. The van der Waals surface area contributed by atoms with E-state index >= 15 is 0 Å². The van der Waals surface area contributed by atoms with Gasteiger partial charge in [-0.2, -0.15) is 4.31 Å². The lowest BCUT2D eigenvalue weighted by atomic mass is 10.2. The minimum atomic E-state index is -3.62. The molecule has 0 aliphatic heterocycles. The van der Waals surface area contributed by atoms with Crippen LogP contribution in [0.2, 0.25) is 10.0 Å². The third-order valence-electron chi connectivity index (χ3n) is 4.09. The number of amides is 1. The Hall–Kier alpha value is -1.80. The summed E-state index contributed by atoms with van der Waals surface area (Å²) in [4.78, 5) is 12.4. The number of anilines is 1. The van der Waals surface area contributed by atoms with Gasteiger partial charge in [-0.05, 0) is 36.8 Å². The molecule has 2 aromatic rings. The number of ether oxygens (including phenoxy) is 1. The smallest absolute Gasteiger partial charge is 0.262 e. The minimum Gasteiger partial charge on any atom is -0.484 e. The lowest BCUT2D eigenvalue weighted by Crippen LogP contribution is -2.30. The van der Waals surface area contributed by atoms with E-state index < -0.39 is 15.9 Å². The average molecular weight is 445 g/mol. The van der Waals surface area contributed by atoms with Gasteiger partial charge in [0.1, 0.15) is 5.75 Å². The Bertz CT molecular complexity index is 960. The topological polar surface area (TPSA) is 75.7 Å². The summed E-state index contributed by atoms with van der Waals surface area (Å²) in [5, 5.41) is 3.40. The van der Waals surface area contributed by atoms with Crippen LogP contribution in [0.15, 0.2) is 41.3 Å². The van der Waals surface area contributed by atoms with Crippen LogP contribution in [0.3, 0.4) is 0 Å². The summed E-state index contributed by atoms with van der Waals surface area (Å²) in [6.45, 7) is 5.81. The summed E-state index contributed by atoms with van der Waals surface area (Å²) < 4.78 is 32.1. The number of aryl methyl sites for hydroxylation is 1. The average Bonchev–Trinajstić information content (AvgIpc) is 2.65. The molecular weight excluding hydrogens is 423 g/mol. The summed E-state index contributed by atoms with van der Waals surface area (Å²) in [7, 11) is -3.62. The molecule has 0 fully saturated rings. The number of carbonyl (C=O) groups excluding carboxylic acids is 1. The molecule has 1 N–H and O–H groups in total. The van der Waals surface area contributed by atoms with Crippen LogP contribution in [0, 0.1) is 6.92 Å². The van der Waals surface area contributed by atoms with Crippen LogP contribution < -0.4 is 10.1 Å². The predicted octanol–water partition coefficient (Wildman–Crippen LogP) is 4.35. The van der Waals surface area contributed by atoms with Gasteiger partial charge in [-0.25, -0.2) is 8.42 Å². The number of carbonyl (C=O) groups is 1. The van der Waals surface area contributed by atoms with Gasteiger partial charge in [0, 0.05) is 24.8 Å². The molecule has 9 heteroatoms. The van der Waals surface area contributed by atoms with Gasteiger partial charge in [0.05, 0.1) is 14.9 Å². The highest BCUT2D eigenvalue weighted by molar-refractivity contribution is 7.89. The van der Waals surface area contributed by atoms with Crippen LogP contribution in [-0.2, 0) is 14.8 Å². The normalized spacial score (nSPS) is 11.5. The lowest BCUT2D eigenvalue weighted by Gasteiger charge is -2.19. The number of hydrogen-bond acceptors (Lipinski definition) is 4. The molecule has 28 heavy (non-hydrogen) atoms. The molecule has 6 nitrogen and oxygen atoms in total. The molecule has 0 aromatic heterocycles. The first-order chi connectivity index (χ1) is 13.2. The number of benzene rings is 2. The first kappa shape index (κ1) is 22.5. The van der Waals surface area contributed by atoms with Crippen molar-refractivity contribution in [3.8, 4) is 5.75 Å². The third kappa shape index (κ3) is 5.38. The van der Waals surface area contributed by atoms with Crippen molar-refractivity contribution in [1.82, 2.24) is 4.31 Å². The van der Waals surface area contributed by atoms with Crippen LogP contribution in [0.25, 0.3) is 0 Å². The molecule has 2 aromatic carbocycles. The maximum absolute atomic E-state index is 12.7. The summed E-state index contributed by atoms with van der Waals surface area (Å²) in [5.74, 6) is -0.0225. The molecule has 0 aliphatic rings. The van der Waals surface area contributed by atoms with E-state index in [0.717, 1.165) is 5.56 Å². The first-order valence-corrected chi connectivity index (χ1v) is 10.9. The van der Waals surface area contributed by atoms with E-state index in [0.29, 0.717) is 34.6 Å². The van der Waals surface area contributed by atoms with Gasteiger partial charge in [0.15, 0.2) is 6.61 Å². The maximum Gasteiger partial charge on any atom is 0.262 e. The number of rotatable bonds is 8. The Balaban J connectivity index is 2.12. The van der Waals surface area contributed by atoms with Crippen LogP contribution >= 0.6 is 23.2 Å². The molecule has 1 amide bonds. The van der Waals surface area contributed by atoms with Crippen LogP contribution in [0.1, 0.15) is 19.4 Å². The summed E-state index contributed by atoms with van der Waals surface area (Å²) in [5.41, 5.74) is 1.15. The molecule has 0 atom stereocenters. The van der Waals surface area contributed by atoms with Crippen LogP contribution in [-0.4, -0.2) is 38.3 Å². The van der Waals surface area contributed by atoms with Gasteiger partial charge in [0.2, 0.25) is 10.0 Å². The molecule has 2 rings (SSSR count). The molecule has 0 saturated heterocycles. The van der Waals surface area contributed by atoms with Crippen molar-refractivity contribution >= 4 is 44.8 Å². The highest BCUT2D eigenvalue weighted by Gasteiger charge is 2.22. The molecule has 152 valence electrons. The minimum absolute atomic E-state index is 0.127. The van der Waals surface area contributed by atoms with Crippen molar-refractivity contribution in [2.45, 2.75) is 25.7 Å². The predicted molar refractivity (Wildman–Crippen MR) is 112 cm³/mol. The number of nitrogens with one attached hydrogen (secondary N) is 1. The van der Waals surface area contributed by atoms with Gasteiger partial charge in [0.25, 0.3) is 5.91 Å². The van der Waals surface area contributed by atoms with Crippen LogP contribution in [0.4, 0.5) is 5.69 Å². The van der Waals surface area contributed by atoms with Gasteiger partial charge in [-0.1, -0.05) is 43.1 Å². The number of sulfonamides is 1. The van der Waals surface area contributed by atoms with Crippen LogP contribution in [0.5, 0.6) is 5.75 Å². The first-order valence-electron chi connectivity index (χ1n) is 8.67. The van der Waals surface area contributed by atoms with Gasteiger partial charge < -0.3 is 10.1 Å². The Kier molecular flexibility index (Phi) is 7.71. The molecule has 0 aliphatic carbocycles. The van der Waals surface area contributed by atoms with Gasteiger partial charge in [-0.15, -0.1) is 0 Å². The van der Waals surface area contributed by atoms with E-state index in [1.807, 2.05) is 0 Å². The SMILES string of the molecule is CCN(CC)S(=O)(=O)c1ccc(C)c(NC(=O)COc2ccc(Cl)c(Cl)c2)c1. The molecule has 0 spiro atoms. The quantitative estimate of drug-likeness (QED) is 0.656. The maximum atomic E-state index is 12.7. The fraction of sp³-hybridized carbons (Fsp3) is 0.316. The summed E-state index contributed by atoms with van der Waals surface area (Å²) in [6.07, 6.45) is 0. The second-order valence-corrected chi connectivity index (χ2v) is 8.73. The molecule has 0 saturated carbocycles. The third-order valence-corrected chi connectivity index (χ3v) is 6.87.